The van der Waals surface area contributed by atoms with Gasteiger partial charge in [0.05, 0.1) is 11.9 Å². The third kappa shape index (κ3) is 3.24. The standard InChI is InChI=1S/C13H17N5/c1-14-7-12-8-16-9-13(17-12)18(2)10-11-3-5-15-6-4-11/h3-6,8-9,14H,7,10H2,1-2H3. The van der Waals surface area contributed by atoms with E-state index in [2.05, 4.69) is 25.2 Å². The molecular formula is C13H17N5. The van der Waals surface area contributed by atoms with Gasteiger partial charge in [-0.3, -0.25) is 9.97 Å². The number of pyridine rings is 1. The molecule has 18 heavy (non-hydrogen) atoms. The number of nitrogens with zero attached hydrogens (tertiary/aromatic N) is 4. The van der Waals surface area contributed by atoms with Gasteiger partial charge in [0.2, 0.25) is 0 Å². The fraction of sp³-hybridized carbons (Fsp3) is 0.308. The summed E-state index contributed by atoms with van der Waals surface area (Å²) >= 11 is 0. The molecule has 0 amide bonds. The number of nitrogens with one attached hydrogen (secondary N) is 1. The highest BCUT2D eigenvalue weighted by atomic mass is 15.2. The minimum absolute atomic E-state index is 0.726. The van der Waals surface area contributed by atoms with Crippen LogP contribution in [0.3, 0.4) is 0 Å². The summed E-state index contributed by atoms with van der Waals surface area (Å²) in [6, 6.07) is 4.00. The van der Waals surface area contributed by atoms with Crippen molar-refractivity contribution in [3.8, 4) is 0 Å². The molecule has 1 N–H and O–H groups in total. The lowest BCUT2D eigenvalue weighted by Gasteiger charge is -2.18. The van der Waals surface area contributed by atoms with E-state index in [1.165, 1.54) is 5.56 Å². The molecule has 0 aliphatic carbocycles. The van der Waals surface area contributed by atoms with Crippen LogP contribution in [0.25, 0.3) is 0 Å². The van der Waals surface area contributed by atoms with E-state index in [0.29, 0.717) is 0 Å². The van der Waals surface area contributed by atoms with Gasteiger partial charge >= 0.3 is 0 Å². The Balaban J connectivity index is 2.08. The van der Waals surface area contributed by atoms with Crippen LogP contribution in [0.2, 0.25) is 0 Å². The molecule has 0 fully saturated rings. The number of aromatic nitrogens is 3. The number of hydrogen-bond acceptors (Lipinski definition) is 5. The van der Waals surface area contributed by atoms with Gasteiger partial charge in [0.15, 0.2) is 0 Å². The van der Waals surface area contributed by atoms with Crippen molar-refractivity contribution in [1.82, 2.24) is 20.3 Å². The smallest absolute Gasteiger partial charge is 0.147 e. The Hall–Kier alpha value is -2.01. The summed E-state index contributed by atoms with van der Waals surface area (Å²) in [5.74, 6) is 0.875. The van der Waals surface area contributed by atoms with Crippen molar-refractivity contribution in [2.75, 3.05) is 19.0 Å². The average molecular weight is 243 g/mol. The van der Waals surface area contributed by atoms with Crippen molar-refractivity contribution < 1.29 is 0 Å². The van der Waals surface area contributed by atoms with Crippen LogP contribution in [-0.4, -0.2) is 29.0 Å². The van der Waals surface area contributed by atoms with Crippen molar-refractivity contribution in [3.05, 3.63) is 48.2 Å². The quantitative estimate of drug-likeness (QED) is 0.856. The monoisotopic (exact) mass is 243 g/mol. The van der Waals surface area contributed by atoms with Crippen LogP contribution in [0.15, 0.2) is 36.9 Å². The van der Waals surface area contributed by atoms with Crippen LogP contribution in [-0.2, 0) is 13.1 Å². The van der Waals surface area contributed by atoms with Crippen molar-refractivity contribution in [3.63, 3.8) is 0 Å². The molecule has 5 heteroatoms. The largest absolute Gasteiger partial charge is 0.354 e. The van der Waals surface area contributed by atoms with E-state index < -0.39 is 0 Å². The molecule has 2 rings (SSSR count). The lowest BCUT2D eigenvalue weighted by atomic mass is 10.2. The van der Waals surface area contributed by atoms with E-state index in [9.17, 15) is 0 Å². The van der Waals surface area contributed by atoms with Gasteiger partial charge in [0.1, 0.15) is 5.82 Å². The molecule has 94 valence electrons. The fourth-order valence-electron chi connectivity index (χ4n) is 1.69. The molecule has 0 aromatic carbocycles. The summed E-state index contributed by atoms with van der Waals surface area (Å²) in [6.07, 6.45) is 7.15. The Morgan fingerprint density at radius 2 is 1.94 bits per heavy atom. The van der Waals surface area contributed by atoms with Crippen molar-refractivity contribution in [1.29, 1.82) is 0 Å². The van der Waals surface area contributed by atoms with Crippen LogP contribution >= 0.6 is 0 Å². The molecular weight excluding hydrogens is 226 g/mol. The summed E-state index contributed by atoms with van der Waals surface area (Å²) in [6.45, 7) is 1.52. The summed E-state index contributed by atoms with van der Waals surface area (Å²) < 4.78 is 0. The number of hydrogen-bond donors (Lipinski definition) is 1. The summed E-state index contributed by atoms with van der Waals surface area (Å²) in [5.41, 5.74) is 2.14. The maximum absolute atomic E-state index is 4.54. The Labute approximate surface area is 107 Å². The Kier molecular flexibility index (Phi) is 4.20. The molecule has 0 atom stereocenters. The van der Waals surface area contributed by atoms with E-state index >= 15 is 0 Å². The first-order valence-electron chi connectivity index (χ1n) is 5.85. The van der Waals surface area contributed by atoms with E-state index in [-0.39, 0.29) is 0 Å². The maximum atomic E-state index is 4.54. The zero-order valence-electron chi connectivity index (χ0n) is 10.7. The predicted octanol–water partition coefficient (Wildman–Crippen LogP) is 1.23. The van der Waals surface area contributed by atoms with Gasteiger partial charge < -0.3 is 10.2 Å². The molecule has 0 aliphatic heterocycles. The normalized spacial score (nSPS) is 10.3. The molecule has 2 aromatic heterocycles. The van der Waals surface area contributed by atoms with Crippen LogP contribution in [0.4, 0.5) is 5.82 Å². The van der Waals surface area contributed by atoms with Crippen LogP contribution in [0, 0.1) is 0 Å². The Bertz CT molecular complexity index is 486. The van der Waals surface area contributed by atoms with Crippen LogP contribution in [0.5, 0.6) is 0 Å². The van der Waals surface area contributed by atoms with Gasteiger partial charge in [-0.1, -0.05) is 0 Å². The van der Waals surface area contributed by atoms with E-state index in [1.54, 1.807) is 24.8 Å². The van der Waals surface area contributed by atoms with E-state index in [1.807, 2.05) is 26.2 Å². The lowest BCUT2D eigenvalue weighted by Crippen LogP contribution is -2.19. The van der Waals surface area contributed by atoms with Crippen LogP contribution in [0.1, 0.15) is 11.3 Å². The third-order valence-electron chi connectivity index (χ3n) is 2.59. The number of rotatable bonds is 5. The second-order valence-electron chi connectivity index (χ2n) is 4.11. The first kappa shape index (κ1) is 12.4. The highest BCUT2D eigenvalue weighted by molar-refractivity contribution is 5.36. The minimum atomic E-state index is 0.726. The van der Waals surface area contributed by atoms with Crippen molar-refractivity contribution >= 4 is 5.82 Å². The topological polar surface area (TPSA) is 53.9 Å². The molecule has 0 bridgehead atoms. The zero-order chi connectivity index (χ0) is 12.8. The molecule has 2 heterocycles. The summed E-state index contributed by atoms with van der Waals surface area (Å²) in [4.78, 5) is 14.8. The predicted molar refractivity (Wildman–Crippen MR) is 71.1 cm³/mol. The van der Waals surface area contributed by atoms with Crippen LogP contribution < -0.4 is 10.2 Å². The molecule has 2 aromatic rings. The van der Waals surface area contributed by atoms with Crippen molar-refractivity contribution in [2.45, 2.75) is 13.1 Å². The second kappa shape index (κ2) is 6.07. The number of anilines is 1. The lowest BCUT2D eigenvalue weighted by molar-refractivity contribution is 0.775. The SMILES string of the molecule is CNCc1cncc(N(C)Cc2ccncc2)n1. The first-order chi connectivity index (χ1) is 8.79. The molecule has 0 saturated heterocycles. The minimum Gasteiger partial charge on any atom is -0.354 e. The molecule has 0 aliphatic rings. The van der Waals surface area contributed by atoms with Gasteiger partial charge in [-0.05, 0) is 24.7 Å². The van der Waals surface area contributed by atoms with Crippen molar-refractivity contribution in [2.24, 2.45) is 0 Å². The van der Waals surface area contributed by atoms with Gasteiger partial charge in [0, 0.05) is 38.7 Å². The summed E-state index contributed by atoms with van der Waals surface area (Å²) in [5, 5.41) is 3.07. The van der Waals surface area contributed by atoms with E-state index in [0.717, 1.165) is 24.6 Å². The third-order valence-corrected chi connectivity index (χ3v) is 2.59. The molecule has 0 radical (unpaired) electrons. The molecule has 0 spiro atoms. The average Bonchev–Trinajstić information content (AvgIpc) is 2.40. The highest BCUT2D eigenvalue weighted by Gasteiger charge is 2.05. The Morgan fingerprint density at radius 1 is 1.17 bits per heavy atom. The highest BCUT2D eigenvalue weighted by Crippen LogP contribution is 2.11. The molecule has 5 nitrogen and oxygen atoms in total. The Morgan fingerprint density at radius 3 is 2.67 bits per heavy atom. The summed E-state index contributed by atoms with van der Waals surface area (Å²) in [7, 11) is 3.91. The van der Waals surface area contributed by atoms with E-state index in [4.69, 9.17) is 0 Å². The second-order valence-corrected chi connectivity index (χ2v) is 4.11. The molecule has 0 unspecified atom stereocenters. The van der Waals surface area contributed by atoms with Gasteiger partial charge in [-0.2, -0.15) is 0 Å². The maximum Gasteiger partial charge on any atom is 0.147 e. The van der Waals surface area contributed by atoms with Gasteiger partial charge in [-0.15, -0.1) is 0 Å². The zero-order valence-corrected chi connectivity index (χ0v) is 10.7. The van der Waals surface area contributed by atoms with Gasteiger partial charge in [0.25, 0.3) is 0 Å². The first-order valence-corrected chi connectivity index (χ1v) is 5.85. The van der Waals surface area contributed by atoms with Gasteiger partial charge in [-0.25, -0.2) is 4.98 Å². The fourth-order valence-corrected chi connectivity index (χ4v) is 1.69. The molecule has 0 saturated carbocycles.